The number of methoxy groups -OCH3 is 1. The average Bonchev–Trinajstić information content (AvgIpc) is 4.02. The normalized spacial score (nSPS) is 15.9. The lowest BCUT2D eigenvalue weighted by atomic mass is 10.0. The van der Waals surface area contributed by atoms with Gasteiger partial charge in [-0.2, -0.15) is 0 Å². The molecule has 1 aromatic heterocycles. The number of halogens is 2. The molecule has 3 aromatic carbocycles. The lowest BCUT2D eigenvalue weighted by molar-refractivity contribution is -0.131. The number of amides is 2. The Balaban J connectivity index is 0.000000817. The molecule has 3 aliphatic rings. The van der Waals surface area contributed by atoms with Crippen LogP contribution in [-0.2, 0) is 9.59 Å². The van der Waals surface area contributed by atoms with E-state index in [-0.39, 0.29) is 17.0 Å². The maximum absolute atomic E-state index is 15.2. The standard InChI is InChI=1S/C35H34F2N4O5.C4H10.C2H6/c1-44-30-17-25-28(18-31(30)45-20-34(11-12-34)39-19-21-2-3-21)38-15-10-29(25)46-24-8-9-27(26(37)16-24)41-33(43)35(13-14-35)32(42)40-23-6-4-22(36)5-7-23;1-3-4-2;1-2/h4-10,15-18,21,39H,2-3,11-14,19-20H2,1H3,(H,40,42)(H,41,43);3-4H2,1-2H3;1-2H3. The molecule has 3 fully saturated rings. The number of aromatic nitrogens is 1. The molecule has 52 heavy (non-hydrogen) atoms. The summed E-state index contributed by atoms with van der Waals surface area (Å²) in [6.45, 7) is 9.94. The van der Waals surface area contributed by atoms with E-state index >= 15 is 4.39 Å². The second-order valence-electron chi connectivity index (χ2n) is 13.5. The third-order valence-electron chi connectivity index (χ3n) is 9.45. The van der Waals surface area contributed by atoms with E-state index in [1.165, 1.54) is 68.1 Å². The summed E-state index contributed by atoms with van der Waals surface area (Å²) in [5.41, 5.74) is -0.388. The van der Waals surface area contributed by atoms with E-state index in [4.69, 9.17) is 14.2 Å². The van der Waals surface area contributed by atoms with Gasteiger partial charge in [0.2, 0.25) is 11.8 Å². The summed E-state index contributed by atoms with van der Waals surface area (Å²) in [7, 11) is 1.57. The van der Waals surface area contributed by atoms with E-state index in [1.807, 2.05) is 19.9 Å². The van der Waals surface area contributed by atoms with Gasteiger partial charge >= 0.3 is 0 Å². The zero-order valence-electron chi connectivity index (χ0n) is 30.7. The summed E-state index contributed by atoms with van der Waals surface area (Å²) < 4.78 is 46.3. The quantitative estimate of drug-likeness (QED) is 0.112. The molecule has 0 radical (unpaired) electrons. The largest absolute Gasteiger partial charge is 0.493 e. The Kier molecular flexibility index (Phi) is 12.7. The number of nitrogens with one attached hydrogen (secondary N) is 3. The summed E-state index contributed by atoms with van der Waals surface area (Å²) in [6, 6.07) is 14.6. The van der Waals surface area contributed by atoms with Crippen LogP contribution < -0.4 is 30.2 Å². The molecule has 0 atom stereocenters. The fourth-order valence-corrected chi connectivity index (χ4v) is 5.41. The minimum absolute atomic E-state index is 0.0201. The van der Waals surface area contributed by atoms with Crippen LogP contribution in [0.4, 0.5) is 20.2 Å². The molecular weight excluding hydrogens is 666 g/mol. The monoisotopic (exact) mass is 716 g/mol. The van der Waals surface area contributed by atoms with E-state index in [1.54, 1.807) is 25.4 Å². The second-order valence-corrected chi connectivity index (χ2v) is 13.5. The fraction of sp³-hybridized carbons (Fsp3) is 0.439. The van der Waals surface area contributed by atoms with Crippen LogP contribution in [-0.4, -0.2) is 42.6 Å². The van der Waals surface area contributed by atoms with Crippen LogP contribution in [0, 0.1) is 23.0 Å². The number of hydrogen-bond donors (Lipinski definition) is 3. The number of rotatable bonds is 14. The maximum Gasteiger partial charge on any atom is 0.240 e. The highest BCUT2D eigenvalue weighted by molar-refractivity contribution is 6.17. The number of unbranched alkanes of at least 4 members (excludes halogenated alkanes) is 1. The third kappa shape index (κ3) is 9.56. The molecule has 0 aliphatic heterocycles. The zero-order valence-corrected chi connectivity index (χ0v) is 30.7. The average molecular weight is 717 g/mol. The topological polar surface area (TPSA) is 111 Å². The van der Waals surface area contributed by atoms with Crippen molar-refractivity contribution in [1.29, 1.82) is 0 Å². The van der Waals surface area contributed by atoms with Crippen molar-refractivity contribution in [3.8, 4) is 23.0 Å². The van der Waals surface area contributed by atoms with Crippen molar-refractivity contribution < 1.29 is 32.6 Å². The first kappa shape index (κ1) is 38.5. The smallest absolute Gasteiger partial charge is 0.240 e. The van der Waals surface area contributed by atoms with Gasteiger partial charge in [0.1, 0.15) is 35.2 Å². The number of pyridine rings is 1. The molecule has 11 heteroatoms. The first-order valence-corrected chi connectivity index (χ1v) is 18.4. The lowest BCUT2D eigenvalue weighted by Crippen LogP contribution is -2.38. The van der Waals surface area contributed by atoms with Crippen molar-refractivity contribution in [2.24, 2.45) is 11.3 Å². The number of nitrogens with zero attached hydrogens (tertiary/aromatic N) is 1. The van der Waals surface area contributed by atoms with Gasteiger partial charge in [0.15, 0.2) is 11.5 Å². The molecule has 4 aromatic rings. The van der Waals surface area contributed by atoms with E-state index < -0.39 is 28.9 Å². The molecule has 0 saturated heterocycles. The molecule has 3 aliphatic carbocycles. The molecular formula is C41H50F2N4O5. The lowest BCUT2D eigenvalue weighted by Gasteiger charge is -2.20. The summed E-state index contributed by atoms with van der Waals surface area (Å²) in [4.78, 5) is 30.4. The Morgan fingerprint density at radius 1 is 0.846 bits per heavy atom. The van der Waals surface area contributed by atoms with Gasteiger partial charge in [0.25, 0.3) is 0 Å². The first-order chi connectivity index (χ1) is 25.2. The Morgan fingerprint density at radius 2 is 1.54 bits per heavy atom. The Hall–Kier alpha value is -4.77. The van der Waals surface area contributed by atoms with E-state index in [9.17, 15) is 14.0 Å². The number of hydrogen-bond acceptors (Lipinski definition) is 7. The number of ether oxygens (including phenoxy) is 3. The van der Waals surface area contributed by atoms with E-state index in [2.05, 4.69) is 34.8 Å². The predicted octanol–water partition coefficient (Wildman–Crippen LogP) is 9.41. The molecule has 0 spiro atoms. The molecule has 3 saturated carbocycles. The van der Waals surface area contributed by atoms with Crippen molar-refractivity contribution in [3.63, 3.8) is 0 Å². The fourth-order valence-electron chi connectivity index (χ4n) is 5.41. The summed E-state index contributed by atoms with van der Waals surface area (Å²) in [5, 5.41) is 9.50. The van der Waals surface area contributed by atoms with Gasteiger partial charge in [-0.1, -0.05) is 40.5 Å². The minimum atomic E-state index is -1.32. The molecule has 7 rings (SSSR count). The van der Waals surface area contributed by atoms with Gasteiger partial charge in [-0.15, -0.1) is 0 Å². The van der Waals surface area contributed by atoms with E-state index in [0.29, 0.717) is 53.3 Å². The Labute approximate surface area is 304 Å². The Morgan fingerprint density at radius 3 is 2.13 bits per heavy atom. The van der Waals surface area contributed by atoms with Crippen molar-refractivity contribution in [2.45, 2.75) is 84.6 Å². The van der Waals surface area contributed by atoms with Crippen LogP contribution in [0.3, 0.4) is 0 Å². The number of anilines is 2. The van der Waals surface area contributed by atoms with Crippen LogP contribution in [0.25, 0.3) is 10.9 Å². The van der Waals surface area contributed by atoms with Crippen LogP contribution in [0.2, 0.25) is 0 Å². The highest BCUT2D eigenvalue weighted by Crippen LogP contribution is 2.48. The van der Waals surface area contributed by atoms with Crippen molar-refractivity contribution in [3.05, 3.63) is 78.5 Å². The molecule has 278 valence electrons. The van der Waals surface area contributed by atoms with Crippen LogP contribution in [0.15, 0.2) is 66.9 Å². The number of fused-ring (bicyclic) bond motifs is 1. The number of carbonyl (C=O) groups is 2. The second kappa shape index (κ2) is 17.2. The van der Waals surface area contributed by atoms with Gasteiger partial charge < -0.3 is 30.2 Å². The maximum atomic E-state index is 15.2. The Bertz CT molecular complexity index is 1840. The van der Waals surface area contributed by atoms with Crippen molar-refractivity contribution in [2.75, 3.05) is 30.9 Å². The SMILES string of the molecule is CC.CCCC.COc1cc2c(Oc3ccc(NC(=O)C4(C(=O)Nc5ccc(F)cc5)CC4)c(F)c3)ccnc2cc1OCC1(NCC2CC2)CC1. The van der Waals surface area contributed by atoms with Gasteiger partial charge in [-0.25, -0.2) is 8.78 Å². The molecule has 0 unspecified atom stereocenters. The predicted molar refractivity (Wildman–Crippen MR) is 200 cm³/mol. The summed E-state index contributed by atoms with van der Waals surface area (Å²) >= 11 is 0. The van der Waals surface area contributed by atoms with Gasteiger partial charge in [0.05, 0.1) is 23.9 Å². The van der Waals surface area contributed by atoms with Crippen molar-refractivity contribution >= 4 is 34.1 Å². The van der Waals surface area contributed by atoms with E-state index in [0.717, 1.165) is 25.3 Å². The molecule has 0 bridgehead atoms. The van der Waals surface area contributed by atoms with Crippen LogP contribution >= 0.6 is 0 Å². The highest BCUT2D eigenvalue weighted by atomic mass is 19.1. The van der Waals surface area contributed by atoms with Crippen molar-refractivity contribution in [1.82, 2.24) is 10.3 Å². The number of benzene rings is 3. The zero-order chi connectivity index (χ0) is 37.3. The van der Waals surface area contributed by atoms with Gasteiger partial charge in [0, 0.05) is 29.4 Å². The van der Waals surface area contributed by atoms with Gasteiger partial charge in [-0.05, 0) is 99.5 Å². The summed E-state index contributed by atoms with van der Waals surface area (Å²) in [5.74, 6) is 0.247. The van der Waals surface area contributed by atoms with Crippen LogP contribution in [0.5, 0.6) is 23.0 Å². The molecule has 2 amide bonds. The molecule has 9 nitrogen and oxygen atoms in total. The molecule has 1 heterocycles. The molecule has 3 N–H and O–H groups in total. The first-order valence-electron chi connectivity index (χ1n) is 18.4. The minimum Gasteiger partial charge on any atom is -0.493 e. The number of carbonyl (C=O) groups excluding carboxylic acids is 2. The van der Waals surface area contributed by atoms with Crippen LogP contribution in [0.1, 0.15) is 79.1 Å². The third-order valence-corrected chi connectivity index (χ3v) is 9.45. The summed E-state index contributed by atoms with van der Waals surface area (Å²) in [6.07, 6.45) is 9.64. The highest BCUT2D eigenvalue weighted by Gasteiger charge is 2.56. The van der Waals surface area contributed by atoms with Gasteiger partial charge in [-0.3, -0.25) is 14.6 Å².